The van der Waals surface area contributed by atoms with E-state index in [1.807, 2.05) is 0 Å². The molecule has 2 aliphatic rings. The summed E-state index contributed by atoms with van der Waals surface area (Å²) in [6, 6.07) is 0. The van der Waals surface area contributed by atoms with Gasteiger partial charge in [0.2, 0.25) is 5.91 Å². The number of nitrogens with one attached hydrogen (secondary N) is 1. The zero-order valence-electron chi connectivity index (χ0n) is 8.47. The Labute approximate surface area is 79.5 Å². The molecule has 0 aromatic carbocycles. The molecule has 2 saturated heterocycles. The molecule has 0 saturated carbocycles. The molecule has 0 bridgehead atoms. The molecule has 2 rings (SSSR count). The topological polar surface area (TPSA) is 32.3 Å². The van der Waals surface area contributed by atoms with Crippen LogP contribution >= 0.6 is 0 Å². The van der Waals surface area contributed by atoms with Gasteiger partial charge in [-0.3, -0.25) is 4.79 Å². The number of nitrogens with zero attached hydrogens (tertiary/aromatic N) is 1. The van der Waals surface area contributed by atoms with Gasteiger partial charge in [-0.2, -0.15) is 0 Å². The molecule has 2 fully saturated rings. The second-order valence-corrected chi connectivity index (χ2v) is 4.69. The summed E-state index contributed by atoms with van der Waals surface area (Å²) >= 11 is 0. The summed E-state index contributed by atoms with van der Waals surface area (Å²) in [5.74, 6) is 0.868. The fourth-order valence-corrected chi connectivity index (χ4v) is 2.75. The van der Waals surface area contributed by atoms with Crippen molar-refractivity contribution in [1.29, 1.82) is 0 Å². The highest BCUT2D eigenvalue weighted by molar-refractivity contribution is 5.83. The Bertz CT molecular complexity index is 229. The lowest BCUT2D eigenvalue weighted by Gasteiger charge is -2.46. The van der Waals surface area contributed by atoms with Crippen LogP contribution in [0, 0.1) is 11.3 Å². The van der Waals surface area contributed by atoms with Gasteiger partial charge in [-0.1, -0.05) is 0 Å². The van der Waals surface area contributed by atoms with E-state index >= 15 is 0 Å². The van der Waals surface area contributed by atoms with Gasteiger partial charge in [0, 0.05) is 13.1 Å². The van der Waals surface area contributed by atoms with Crippen molar-refractivity contribution in [2.75, 3.05) is 26.7 Å². The minimum atomic E-state index is -0.120. The number of amides is 1. The van der Waals surface area contributed by atoms with Crippen LogP contribution in [-0.2, 0) is 4.79 Å². The average Bonchev–Trinajstić information content (AvgIpc) is 2.07. The van der Waals surface area contributed by atoms with Crippen molar-refractivity contribution >= 4 is 5.91 Å². The first-order valence-corrected chi connectivity index (χ1v) is 5.10. The second kappa shape index (κ2) is 2.98. The summed E-state index contributed by atoms with van der Waals surface area (Å²) < 4.78 is 0. The Morgan fingerprint density at radius 3 is 3.08 bits per heavy atom. The second-order valence-electron chi connectivity index (χ2n) is 4.69. The minimum absolute atomic E-state index is 0.120. The van der Waals surface area contributed by atoms with Crippen molar-refractivity contribution in [2.24, 2.45) is 11.3 Å². The molecule has 2 unspecified atom stereocenters. The SMILES string of the molecule is CN1CCC2CCNC(=O)C2(C)C1. The van der Waals surface area contributed by atoms with E-state index in [1.165, 1.54) is 6.42 Å². The number of fused-ring (bicyclic) bond motifs is 1. The van der Waals surface area contributed by atoms with E-state index in [1.54, 1.807) is 0 Å². The largest absolute Gasteiger partial charge is 0.356 e. The molecule has 13 heavy (non-hydrogen) atoms. The van der Waals surface area contributed by atoms with Gasteiger partial charge in [0.15, 0.2) is 0 Å². The highest BCUT2D eigenvalue weighted by atomic mass is 16.2. The molecule has 0 aromatic heterocycles. The zero-order valence-corrected chi connectivity index (χ0v) is 8.47. The van der Waals surface area contributed by atoms with Crippen LogP contribution in [0.3, 0.4) is 0 Å². The van der Waals surface area contributed by atoms with Crippen molar-refractivity contribution in [3.8, 4) is 0 Å². The van der Waals surface area contributed by atoms with Gasteiger partial charge in [0.25, 0.3) is 0 Å². The van der Waals surface area contributed by atoms with Crippen LogP contribution in [0.15, 0.2) is 0 Å². The monoisotopic (exact) mass is 182 g/mol. The number of carbonyl (C=O) groups is 1. The van der Waals surface area contributed by atoms with Crippen molar-refractivity contribution in [2.45, 2.75) is 19.8 Å². The summed E-state index contributed by atoms with van der Waals surface area (Å²) in [7, 11) is 2.10. The molecule has 0 radical (unpaired) electrons. The summed E-state index contributed by atoms with van der Waals surface area (Å²) in [6.07, 6.45) is 2.34. The van der Waals surface area contributed by atoms with Gasteiger partial charge < -0.3 is 10.2 Å². The first-order valence-electron chi connectivity index (χ1n) is 5.10. The van der Waals surface area contributed by atoms with E-state index in [9.17, 15) is 4.79 Å². The molecule has 0 aromatic rings. The molecule has 0 spiro atoms. The molecule has 3 heteroatoms. The van der Waals surface area contributed by atoms with Crippen LogP contribution in [-0.4, -0.2) is 37.5 Å². The van der Waals surface area contributed by atoms with Gasteiger partial charge in [-0.25, -0.2) is 0 Å². The van der Waals surface area contributed by atoms with Crippen LogP contribution in [0.1, 0.15) is 19.8 Å². The Morgan fingerprint density at radius 2 is 2.31 bits per heavy atom. The van der Waals surface area contributed by atoms with Gasteiger partial charge in [0.1, 0.15) is 0 Å². The molecule has 2 aliphatic heterocycles. The van der Waals surface area contributed by atoms with Crippen LogP contribution in [0.25, 0.3) is 0 Å². The normalized spacial score (nSPS) is 41.1. The maximum Gasteiger partial charge on any atom is 0.227 e. The molecule has 2 atom stereocenters. The molecule has 74 valence electrons. The number of hydrogen-bond acceptors (Lipinski definition) is 2. The van der Waals surface area contributed by atoms with Crippen molar-refractivity contribution in [3.05, 3.63) is 0 Å². The van der Waals surface area contributed by atoms with Gasteiger partial charge in [-0.05, 0) is 39.3 Å². The van der Waals surface area contributed by atoms with Crippen molar-refractivity contribution in [3.63, 3.8) is 0 Å². The van der Waals surface area contributed by atoms with E-state index in [-0.39, 0.29) is 11.3 Å². The quantitative estimate of drug-likeness (QED) is 0.590. The Balaban J connectivity index is 2.20. The Morgan fingerprint density at radius 1 is 1.54 bits per heavy atom. The van der Waals surface area contributed by atoms with E-state index < -0.39 is 0 Å². The molecule has 1 amide bonds. The first-order chi connectivity index (χ1) is 6.13. The molecule has 0 aliphatic carbocycles. The fraction of sp³-hybridized carbons (Fsp3) is 0.900. The van der Waals surface area contributed by atoms with Crippen LogP contribution < -0.4 is 5.32 Å². The standard InChI is InChI=1S/C10H18N2O/c1-10-7-12(2)6-4-8(10)3-5-11-9(10)13/h8H,3-7H2,1-2H3,(H,11,13). The summed E-state index contributed by atoms with van der Waals surface area (Å²) in [4.78, 5) is 14.0. The lowest BCUT2D eigenvalue weighted by molar-refractivity contribution is -0.140. The molecule has 1 N–H and O–H groups in total. The third kappa shape index (κ3) is 1.35. The van der Waals surface area contributed by atoms with Crippen LogP contribution in [0.4, 0.5) is 0 Å². The lowest BCUT2D eigenvalue weighted by Crippen LogP contribution is -2.57. The van der Waals surface area contributed by atoms with Crippen molar-refractivity contribution < 1.29 is 4.79 Å². The lowest BCUT2D eigenvalue weighted by atomic mass is 9.68. The van der Waals surface area contributed by atoms with E-state index in [0.29, 0.717) is 5.92 Å². The molecular weight excluding hydrogens is 164 g/mol. The minimum Gasteiger partial charge on any atom is -0.356 e. The smallest absolute Gasteiger partial charge is 0.227 e. The number of likely N-dealkylation sites (tertiary alicyclic amines) is 1. The third-order valence-corrected chi connectivity index (χ3v) is 3.66. The van der Waals surface area contributed by atoms with Gasteiger partial charge in [0.05, 0.1) is 5.41 Å². The molecule has 3 nitrogen and oxygen atoms in total. The Kier molecular flexibility index (Phi) is 2.06. The highest BCUT2D eigenvalue weighted by Crippen LogP contribution is 2.39. The third-order valence-electron chi connectivity index (χ3n) is 3.66. The van der Waals surface area contributed by atoms with Crippen molar-refractivity contribution in [1.82, 2.24) is 10.2 Å². The van der Waals surface area contributed by atoms with Gasteiger partial charge >= 0.3 is 0 Å². The van der Waals surface area contributed by atoms with E-state index in [2.05, 4.69) is 24.2 Å². The van der Waals surface area contributed by atoms with E-state index in [4.69, 9.17) is 0 Å². The maximum absolute atomic E-state index is 11.8. The predicted molar refractivity (Wildman–Crippen MR) is 51.3 cm³/mol. The first kappa shape index (κ1) is 9.00. The zero-order chi connectivity index (χ0) is 9.47. The Hall–Kier alpha value is -0.570. The number of piperidine rings is 2. The highest BCUT2D eigenvalue weighted by Gasteiger charge is 2.46. The predicted octanol–water partition coefficient (Wildman–Crippen LogP) is 0.464. The fourth-order valence-electron chi connectivity index (χ4n) is 2.75. The average molecular weight is 182 g/mol. The number of rotatable bonds is 0. The number of carbonyl (C=O) groups excluding carboxylic acids is 1. The van der Waals surface area contributed by atoms with E-state index in [0.717, 1.165) is 26.1 Å². The summed E-state index contributed by atoms with van der Waals surface area (Å²) in [5.41, 5.74) is -0.120. The molecule has 2 heterocycles. The maximum atomic E-state index is 11.8. The number of hydrogen-bond donors (Lipinski definition) is 1. The van der Waals surface area contributed by atoms with Crippen LogP contribution in [0.2, 0.25) is 0 Å². The molecular formula is C10H18N2O. The summed E-state index contributed by atoms with van der Waals surface area (Å²) in [5, 5.41) is 2.98. The van der Waals surface area contributed by atoms with Crippen LogP contribution in [0.5, 0.6) is 0 Å². The van der Waals surface area contributed by atoms with Gasteiger partial charge in [-0.15, -0.1) is 0 Å². The summed E-state index contributed by atoms with van der Waals surface area (Å²) in [6.45, 7) is 5.06.